The summed E-state index contributed by atoms with van der Waals surface area (Å²) in [7, 11) is 0. The number of thioether (sulfide) groups is 1. The Kier molecular flexibility index (Phi) is 2.91. The molecule has 0 aliphatic carbocycles. The van der Waals surface area contributed by atoms with Crippen LogP contribution in [-0.4, -0.2) is 20.9 Å². The third-order valence-electron chi connectivity index (χ3n) is 1.99. The SMILES string of the molecule is CCSc1c(-c2ccncc2)n[nH]c1N. The zero-order valence-electron chi connectivity index (χ0n) is 8.40. The monoisotopic (exact) mass is 220 g/mol. The number of nitrogen functional groups attached to an aromatic ring is 1. The van der Waals surface area contributed by atoms with E-state index >= 15 is 0 Å². The number of hydrogen-bond acceptors (Lipinski definition) is 4. The fourth-order valence-corrected chi connectivity index (χ4v) is 2.13. The normalized spacial score (nSPS) is 10.5. The van der Waals surface area contributed by atoms with Crippen LogP contribution in [0.5, 0.6) is 0 Å². The van der Waals surface area contributed by atoms with E-state index in [1.807, 2.05) is 12.1 Å². The van der Waals surface area contributed by atoms with Gasteiger partial charge in [-0.25, -0.2) is 0 Å². The van der Waals surface area contributed by atoms with Crippen molar-refractivity contribution in [2.75, 3.05) is 11.5 Å². The van der Waals surface area contributed by atoms with Crippen LogP contribution in [0.1, 0.15) is 6.92 Å². The van der Waals surface area contributed by atoms with Gasteiger partial charge in [-0.2, -0.15) is 5.10 Å². The van der Waals surface area contributed by atoms with E-state index in [0.717, 1.165) is 21.9 Å². The molecule has 0 aromatic carbocycles. The maximum atomic E-state index is 5.81. The minimum Gasteiger partial charge on any atom is -0.383 e. The van der Waals surface area contributed by atoms with Crippen LogP contribution in [0.25, 0.3) is 11.3 Å². The molecule has 0 aliphatic heterocycles. The van der Waals surface area contributed by atoms with Gasteiger partial charge in [0.25, 0.3) is 0 Å². The van der Waals surface area contributed by atoms with E-state index in [2.05, 4.69) is 22.1 Å². The number of aromatic amines is 1. The number of nitrogens with one attached hydrogen (secondary N) is 1. The first-order valence-electron chi connectivity index (χ1n) is 4.70. The molecule has 5 heteroatoms. The quantitative estimate of drug-likeness (QED) is 0.778. The Balaban J connectivity index is 2.44. The van der Waals surface area contributed by atoms with Gasteiger partial charge in [0.1, 0.15) is 11.5 Å². The zero-order chi connectivity index (χ0) is 10.7. The lowest BCUT2D eigenvalue weighted by Crippen LogP contribution is -1.87. The molecule has 2 heterocycles. The molecule has 2 aromatic heterocycles. The number of H-pyrrole nitrogens is 1. The lowest BCUT2D eigenvalue weighted by molar-refractivity contribution is 1.10. The first kappa shape index (κ1) is 10.0. The molecule has 0 saturated heterocycles. The lowest BCUT2D eigenvalue weighted by Gasteiger charge is -2.00. The molecule has 0 amide bonds. The maximum Gasteiger partial charge on any atom is 0.133 e. The van der Waals surface area contributed by atoms with Crippen molar-refractivity contribution >= 4 is 17.6 Å². The standard InChI is InChI=1S/C10H12N4S/c1-2-15-9-8(13-14-10(9)11)7-3-5-12-6-4-7/h3-6H,2H2,1H3,(H3,11,13,14). The predicted molar refractivity (Wildman–Crippen MR) is 62.6 cm³/mol. The maximum absolute atomic E-state index is 5.81. The van der Waals surface area contributed by atoms with E-state index in [0.29, 0.717) is 5.82 Å². The number of aromatic nitrogens is 3. The van der Waals surface area contributed by atoms with Crippen LogP contribution >= 0.6 is 11.8 Å². The van der Waals surface area contributed by atoms with Crippen molar-refractivity contribution in [2.24, 2.45) is 0 Å². The van der Waals surface area contributed by atoms with Crippen molar-refractivity contribution in [3.63, 3.8) is 0 Å². The van der Waals surface area contributed by atoms with E-state index in [1.54, 1.807) is 24.2 Å². The Bertz CT molecular complexity index is 438. The minimum absolute atomic E-state index is 0.633. The Hall–Kier alpha value is -1.49. The van der Waals surface area contributed by atoms with Gasteiger partial charge in [-0.3, -0.25) is 10.1 Å². The highest BCUT2D eigenvalue weighted by Gasteiger charge is 2.12. The highest BCUT2D eigenvalue weighted by molar-refractivity contribution is 7.99. The molecule has 2 rings (SSSR count). The molecule has 0 bridgehead atoms. The van der Waals surface area contributed by atoms with Gasteiger partial charge < -0.3 is 5.73 Å². The second-order valence-corrected chi connectivity index (χ2v) is 4.26. The second kappa shape index (κ2) is 4.35. The van der Waals surface area contributed by atoms with Gasteiger partial charge >= 0.3 is 0 Å². The Morgan fingerprint density at radius 2 is 2.13 bits per heavy atom. The molecule has 15 heavy (non-hydrogen) atoms. The van der Waals surface area contributed by atoms with E-state index in [-0.39, 0.29) is 0 Å². The van der Waals surface area contributed by atoms with E-state index in [1.165, 1.54) is 0 Å². The van der Waals surface area contributed by atoms with Crippen molar-refractivity contribution in [3.8, 4) is 11.3 Å². The second-order valence-electron chi connectivity index (χ2n) is 2.98. The van der Waals surface area contributed by atoms with Gasteiger partial charge in [0.05, 0.1) is 4.90 Å². The van der Waals surface area contributed by atoms with Crippen LogP contribution < -0.4 is 5.73 Å². The van der Waals surface area contributed by atoms with Crippen LogP contribution in [0.2, 0.25) is 0 Å². The fraction of sp³-hybridized carbons (Fsp3) is 0.200. The highest BCUT2D eigenvalue weighted by atomic mass is 32.2. The van der Waals surface area contributed by atoms with Crippen LogP contribution in [-0.2, 0) is 0 Å². The summed E-state index contributed by atoms with van der Waals surface area (Å²) < 4.78 is 0. The Morgan fingerprint density at radius 1 is 1.40 bits per heavy atom. The topological polar surface area (TPSA) is 67.6 Å². The third-order valence-corrected chi connectivity index (χ3v) is 2.98. The van der Waals surface area contributed by atoms with Gasteiger partial charge in [0.2, 0.25) is 0 Å². The van der Waals surface area contributed by atoms with Crippen molar-refractivity contribution in [3.05, 3.63) is 24.5 Å². The van der Waals surface area contributed by atoms with Gasteiger partial charge in [-0.05, 0) is 17.9 Å². The van der Waals surface area contributed by atoms with Gasteiger partial charge in [0.15, 0.2) is 0 Å². The molecule has 0 fully saturated rings. The molecule has 0 atom stereocenters. The molecule has 4 nitrogen and oxygen atoms in total. The Labute approximate surface area is 92.3 Å². The average molecular weight is 220 g/mol. The average Bonchev–Trinajstić information content (AvgIpc) is 2.63. The number of anilines is 1. The first-order valence-corrected chi connectivity index (χ1v) is 5.68. The van der Waals surface area contributed by atoms with Crippen molar-refractivity contribution < 1.29 is 0 Å². The first-order chi connectivity index (χ1) is 7.33. The molecular weight excluding hydrogens is 208 g/mol. The van der Waals surface area contributed by atoms with Crippen LogP contribution in [0, 0.1) is 0 Å². The summed E-state index contributed by atoms with van der Waals surface area (Å²) in [5.41, 5.74) is 7.75. The molecule has 3 N–H and O–H groups in total. The predicted octanol–water partition coefficient (Wildman–Crippen LogP) is 2.17. The van der Waals surface area contributed by atoms with E-state index in [4.69, 9.17) is 5.73 Å². The number of pyridine rings is 1. The molecule has 0 radical (unpaired) electrons. The lowest BCUT2D eigenvalue weighted by atomic mass is 10.2. The molecule has 0 spiro atoms. The largest absolute Gasteiger partial charge is 0.383 e. The summed E-state index contributed by atoms with van der Waals surface area (Å²) in [6.45, 7) is 2.09. The molecular formula is C10H12N4S. The molecule has 78 valence electrons. The van der Waals surface area contributed by atoms with Crippen LogP contribution in [0.3, 0.4) is 0 Å². The summed E-state index contributed by atoms with van der Waals surface area (Å²) in [6.07, 6.45) is 3.50. The van der Waals surface area contributed by atoms with Crippen molar-refractivity contribution in [1.82, 2.24) is 15.2 Å². The molecule has 2 aromatic rings. The summed E-state index contributed by atoms with van der Waals surface area (Å²) in [4.78, 5) is 4.99. The van der Waals surface area contributed by atoms with E-state index < -0.39 is 0 Å². The number of rotatable bonds is 3. The highest BCUT2D eigenvalue weighted by Crippen LogP contribution is 2.33. The van der Waals surface area contributed by atoms with Crippen LogP contribution in [0.15, 0.2) is 29.4 Å². The third kappa shape index (κ3) is 1.97. The van der Waals surface area contributed by atoms with Gasteiger partial charge in [0, 0.05) is 18.0 Å². The van der Waals surface area contributed by atoms with E-state index in [9.17, 15) is 0 Å². The van der Waals surface area contributed by atoms with Crippen molar-refractivity contribution in [1.29, 1.82) is 0 Å². The summed E-state index contributed by atoms with van der Waals surface area (Å²) in [5.74, 6) is 1.61. The van der Waals surface area contributed by atoms with Gasteiger partial charge in [-0.15, -0.1) is 11.8 Å². The minimum atomic E-state index is 0.633. The Morgan fingerprint density at radius 3 is 2.80 bits per heavy atom. The summed E-state index contributed by atoms with van der Waals surface area (Å²) in [5, 5.41) is 7.01. The number of nitrogens with two attached hydrogens (primary N) is 1. The summed E-state index contributed by atoms with van der Waals surface area (Å²) in [6, 6.07) is 3.85. The fourth-order valence-electron chi connectivity index (χ4n) is 1.34. The number of hydrogen-bond donors (Lipinski definition) is 2. The zero-order valence-corrected chi connectivity index (χ0v) is 9.21. The smallest absolute Gasteiger partial charge is 0.133 e. The molecule has 0 unspecified atom stereocenters. The number of nitrogens with zero attached hydrogens (tertiary/aromatic N) is 2. The van der Waals surface area contributed by atoms with Crippen LogP contribution in [0.4, 0.5) is 5.82 Å². The molecule has 0 aliphatic rings. The van der Waals surface area contributed by atoms with Gasteiger partial charge in [-0.1, -0.05) is 6.92 Å². The van der Waals surface area contributed by atoms with Crippen molar-refractivity contribution in [2.45, 2.75) is 11.8 Å². The molecule has 0 saturated carbocycles. The summed E-state index contributed by atoms with van der Waals surface area (Å²) >= 11 is 1.69.